The Bertz CT molecular complexity index is 490. The Morgan fingerprint density at radius 1 is 1.25 bits per heavy atom. The summed E-state index contributed by atoms with van der Waals surface area (Å²) in [6.45, 7) is 0. The number of hydrogen-bond donors (Lipinski definition) is 1. The number of carboxylic acid groups (broad SMARTS) is 1. The first-order valence-corrected chi connectivity index (χ1v) is 6.02. The molecule has 0 fully saturated rings. The van der Waals surface area contributed by atoms with Crippen molar-refractivity contribution in [2.24, 2.45) is 5.92 Å². The van der Waals surface area contributed by atoms with Crippen LogP contribution in [-0.4, -0.2) is 32.4 Å². The summed E-state index contributed by atoms with van der Waals surface area (Å²) in [6.07, 6.45) is 5.67. The first-order valence-electron chi connectivity index (χ1n) is 6.02. The highest BCUT2D eigenvalue weighted by atomic mass is 16.5. The molecule has 0 heterocycles. The van der Waals surface area contributed by atoms with Crippen molar-refractivity contribution >= 4 is 5.97 Å². The van der Waals surface area contributed by atoms with Gasteiger partial charge in [0.25, 0.3) is 0 Å². The lowest BCUT2D eigenvalue weighted by molar-refractivity contribution is -0.141. The van der Waals surface area contributed by atoms with Crippen molar-refractivity contribution < 1.29 is 24.1 Å². The number of aliphatic carboxylic acids is 1. The molecule has 1 N–H and O–H groups in total. The Morgan fingerprint density at radius 3 is 2.15 bits per heavy atom. The minimum absolute atomic E-state index is 0.173. The predicted octanol–water partition coefficient (Wildman–Crippen LogP) is 1.98. The molecule has 0 radical (unpaired) electrons. The second-order valence-corrected chi connectivity index (χ2v) is 4.18. The molecule has 0 unspecified atom stereocenters. The third kappa shape index (κ3) is 3.58. The van der Waals surface area contributed by atoms with Crippen LogP contribution in [0, 0.1) is 18.3 Å². The Balaban J connectivity index is 3.13. The molecule has 0 saturated heterocycles. The number of hydrogen-bond acceptors (Lipinski definition) is 4. The minimum Gasteiger partial charge on any atom is -0.493 e. The second kappa shape index (κ2) is 7.29. The summed E-state index contributed by atoms with van der Waals surface area (Å²) in [5.74, 6) is 2.28. The van der Waals surface area contributed by atoms with Gasteiger partial charge in [-0.3, -0.25) is 4.79 Å². The molecule has 0 aromatic heterocycles. The fourth-order valence-corrected chi connectivity index (χ4v) is 1.93. The maximum Gasteiger partial charge on any atom is 0.307 e. The number of methoxy groups -OCH3 is 3. The molecule has 0 aliphatic heterocycles. The van der Waals surface area contributed by atoms with E-state index in [0.29, 0.717) is 23.7 Å². The van der Waals surface area contributed by atoms with Gasteiger partial charge in [-0.25, -0.2) is 0 Å². The molecule has 0 bridgehead atoms. The van der Waals surface area contributed by atoms with Crippen LogP contribution in [0.3, 0.4) is 0 Å². The molecule has 1 aromatic rings. The normalized spacial score (nSPS) is 11.3. The molecule has 108 valence electrons. The number of carboxylic acids is 1. The lowest BCUT2D eigenvalue weighted by atomic mass is 9.96. The Hall–Kier alpha value is -2.35. The van der Waals surface area contributed by atoms with Gasteiger partial charge in [-0.2, -0.15) is 0 Å². The van der Waals surface area contributed by atoms with E-state index >= 15 is 0 Å². The van der Waals surface area contributed by atoms with E-state index < -0.39 is 11.9 Å². The number of carbonyl (C=O) groups is 1. The molecule has 20 heavy (non-hydrogen) atoms. The molecule has 0 saturated carbocycles. The van der Waals surface area contributed by atoms with Gasteiger partial charge in [0.15, 0.2) is 11.5 Å². The highest BCUT2D eigenvalue weighted by Gasteiger charge is 2.20. The van der Waals surface area contributed by atoms with E-state index in [0.717, 1.165) is 5.56 Å². The van der Waals surface area contributed by atoms with E-state index in [1.54, 1.807) is 12.1 Å². The first kappa shape index (κ1) is 15.7. The van der Waals surface area contributed by atoms with Gasteiger partial charge >= 0.3 is 5.97 Å². The average molecular weight is 278 g/mol. The van der Waals surface area contributed by atoms with Gasteiger partial charge in [0, 0.05) is 6.42 Å². The smallest absolute Gasteiger partial charge is 0.307 e. The van der Waals surface area contributed by atoms with Crippen LogP contribution in [0.4, 0.5) is 0 Å². The van der Waals surface area contributed by atoms with Crippen molar-refractivity contribution in [3.63, 3.8) is 0 Å². The quantitative estimate of drug-likeness (QED) is 0.773. The van der Waals surface area contributed by atoms with Crippen molar-refractivity contribution in [3.8, 4) is 29.6 Å². The van der Waals surface area contributed by atoms with Crippen LogP contribution in [0.1, 0.15) is 12.0 Å². The number of terminal acetylenes is 1. The van der Waals surface area contributed by atoms with E-state index in [1.807, 2.05) is 0 Å². The van der Waals surface area contributed by atoms with E-state index in [9.17, 15) is 4.79 Å². The van der Waals surface area contributed by atoms with Crippen molar-refractivity contribution in [2.75, 3.05) is 21.3 Å². The summed E-state index contributed by atoms with van der Waals surface area (Å²) < 4.78 is 15.7. The van der Waals surface area contributed by atoms with Gasteiger partial charge in [-0.05, 0) is 24.1 Å². The Labute approximate surface area is 118 Å². The molecule has 5 heteroatoms. The predicted molar refractivity (Wildman–Crippen MR) is 74.4 cm³/mol. The molecule has 1 atom stereocenters. The van der Waals surface area contributed by atoms with Gasteiger partial charge in [0.2, 0.25) is 5.75 Å². The van der Waals surface area contributed by atoms with Crippen LogP contribution < -0.4 is 14.2 Å². The summed E-state index contributed by atoms with van der Waals surface area (Å²) in [7, 11) is 4.53. The first-order chi connectivity index (χ1) is 9.57. The molecule has 1 rings (SSSR count). The third-order valence-corrected chi connectivity index (χ3v) is 2.92. The number of benzene rings is 1. The molecule has 5 nitrogen and oxygen atoms in total. The largest absolute Gasteiger partial charge is 0.493 e. The van der Waals surface area contributed by atoms with Crippen LogP contribution in [0.15, 0.2) is 12.1 Å². The summed E-state index contributed by atoms with van der Waals surface area (Å²) >= 11 is 0. The van der Waals surface area contributed by atoms with Crippen LogP contribution in [0.2, 0.25) is 0 Å². The minimum atomic E-state index is -0.920. The standard InChI is InChI=1S/C15H18O5/c1-5-6-11(15(16)17)7-10-8-12(18-2)14(20-4)13(9-10)19-3/h1,8-9,11H,6-7H2,2-4H3,(H,16,17)/t11-/m1/s1. The number of ether oxygens (including phenoxy) is 3. The summed E-state index contributed by atoms with van der Waals surface area (Å²) in [6, 6.07) is 3.46. The summed E-state index contributed by atoms with van der Waals surface area (Å²) in [5.41, 5.74) is 0.766. The molecule has 0 amide bonds. The van der Waals surface area contributed by atoms with Gasteiger partial charge in [-0.1, -0.05) is 0 Å². The van der Waals surface area contributed by atoms with E-state index in [1.165, 1.54) is 21.3 Å². The van der Waals surface area contributed by atoms with Crippen molar-refractivity contribution in [3.05, 3.63) is 17.7 Å². The van der Waals surface area contributed by atoms with Gasteiger partial charge in [0.05, 0.1) is 27.2 Å². The monoisotopic (exact) mass is 278 g/mol. The van der Waals surface area contributed by atoms with E-state index in [2.05, 4.69) is 5.92 Å². The zero-order valence-electron chi connectivity index (χ0n) is 11.8. The molecule has 1 aromatic carbocycles. The zero-order chi connectivity index (χ0) is 15.1. The van der Waals surface area contributed by atoms with E-state index in [4.69, 9.17) is 25.7 Å². The molecule has 0 aliphatic rings. The van der Waals surface area contributed by atoms with Crippen LogP contribution in [0.5, 0.6) is 17.2 Å². The van der Waals surface area contributed by atoms with Crippen LogP contribution in [0.25, 0.3) is 0 Å². The molecule has 0 aliphatic carbocycles. The molecular formula is C15H18O5. The fourth-order valence-electron chi connectivity index (χ4n) is 1.93. The second-order valence-electron chi connectivity index (χ2n) is 4.18. The van der Waals surface area contributed by atoms with Crippen molar-refractivity contribution in [1.82, 2.24) is 0 Å². The van der Waals surface area contributed by atoms with Gasteiger partial charge in [-0.15, -0.1) is 12.3 Å². The highest BCUT2D eigenvalue weighted by Crippen LogP contribution is 2.38. The summed E-state index contributed by atoms with van der Waals surface area (Å²) in [5, 5.41) is 9.14. The van der Waals surface area contributed by atoms with Gasteiger partial charge < -0.3 is 19.3 Å². The topological polar surface area (TPSA) is 65.0 Å². The molecule has 0 spiro atoms. The highest BCUT2D eigenvalue weighted by molar-refractivity contribution is 5.71. The average Bonchev–Trinajstić information content (AvgIpc) is 2.45. The summed E-state index contributed by atoms with van der Waals surface area (Å²) in [4.78, 5) is 11.1. The van der Waals surface area contributed by atoms with Crippen LogP contribution >= 0.6 is 0 Å². The van der Waals surface area contributed by atoms with E-state index in [-0.39, 0.29) is 6.42 Å². The maximum atomic E-state index is 11.1. The Kier molecular flexibility index (Phi) is 5.73. The van der Waals surface area contributed by atoms with Crippen molar-refractivity contribution in [1.29, 1.82) is 0 Å². The number of rotatable bonds is 7. The van der Waals surface area contributed by atoms with Crippen LogP contribution in [-0.2, 0) is 11.2 Å². The SMILES string of the molecule is C#CC[C@H](Cc1cc(OC)c(OC)c(OC)c1)C(=O)O. The lowest BCUT2D eigenvalue weighted by Crippen LogP contribution is -2.16. The zero-order valence-corrected chi connectivity index (χ0v) is 11.8. The fraction of sp³-hybridized carbons (Fsp3) is 0.400. The lowest BCUT2D eigenvalue weighted by Gasteiger charge is -2.15. The van der Waals surface area contributed by atoms with Crippen molar-refractivity contribution in [2.45, 2.75) is 12.8 Å². The Morgan fingerprint density at radius 2 is 1.80 bits per heavy atom. The maximum absolute atomic E-state index is 11.1. The molecular weight excluding hydrogens is 260 g/mol. The third-order valence-electron chi connectivity index (χ3n) is 2.92. The van der Waals surface area contributed by atoms with Gasteiger partial charge in [0.1, 0.15) is 0 Å².